The van der Waals surface area contributed by atoms with Gasteiger partial charge in [0, 0.05) is 5.75 Å². The summed E-state index contributed by atoms with van der Waals surface area (Å²) >= 11 is 1.69. The number of carboxylic acid groups (broad SMARTS) is 1. The maximum absolute atomic E-state index is 10.3. The van der Waals surface area contributed by atoms with Gasteiger partial charge in [0.15, 0.2) is 0 Å². The van der Waals surface area contributed by atoms with Gasteiger partial charge in [0.1, 0.15) is 0 Å². The van der Waals surface area contributed by atoms with Crippen LogP contribution in [0.15, 0.2) is 0 Å². The molecule has 64 valence electrons. The summed E-state index contributed by atoms with van der Waals surface area (Å²) in [7, 11) is 0. The number of aliphatic hydroxyl groups excluding tert-OH is 1. The zero-order valence-corrected chi connectivity index (χ0v) is 7.01. The predicted molar refractivity (Wildman–Crippen MR) is 43.7 cm³/mol. The number of hydrogen-bond acceptors (Lipinski definition) is 3. The van der Waals surface area contributed by atoms with Crippen molar-refractivity contribution < 1.29 is 15.0 Å². The lowest BCUT2D eigenvalue weighted by Crippen LogP contribution is -2.29. The molecule has 11 heavy (non-hydrogen) atoms. The lowest BCUT2D eigenvalue weighted by Gasteiger charge is -2.25. The summed E-state index contributed by atoms with van der Waals surface area (Å²) in [5, 5.41) is 17.8. The summed E-state index contributed by atoms with van der Waals surface area (Å²) in [5.74, 6) is 0.849. The van der Waals surface area contributed by atoms with Crippen LogP contribution < -0.4 is 0 Å². The fourth-order valence-electron chi connectivity index (χ4n) is 1.23. The first-order chi connectivity index (χ1) is 5.20. The van der Waals surface area contributed by atoms with Gasteiger partial charge in [-0.15, -0.1) is 0 Å². The minimum Gasteiger partial charge on any atom is -0.481 e. The van der Waals surface area contributed by atoms with Gasteiger partial charge in [-0.25, -0.2) is 0 Å². The van der Waals surface area contributed by atoms with Gasteiger partial charge in [-0.2, -0.15) is 11.8 Å². The fourth-order valence-corrected chi connectivity index (χ4v) is 2.38. The van der Waals surface area contributed by atoms with Crippen LogP contribution in [0.5, 0.6) is 0 Å². The van der Waals surface area contributed by atoms with E-state index >= 15 is 0 Å². The van der Waals surface area contributed by atoms with Gasteiger partial charge in [-0.3, -0.25) is 4.79 Å². The van der Waals surface area contributed by atoms with E-state index in [0.29, 0.717) is 5.75 Å². The average molecular weight is 176 g/mol. The molecule has 0 amide bonds. The zero-order chi connectivity index (χ0) is 8.27. The van der Waals surface area contributed by atoms with Crippen LogP contribution in [0.2, 0.25) is 0 Å². The maximum atomic E-state index is 10.3. The SMILES string of the molecule is O=C(O)C[C@H]1CCSC[C@H]1O. The van der Waals surface area contributed by atoms with Crippen LogP contribution in [-0.2, 0) is 4.79 Å². The number of carboxylic acids is 1. The quantitative estimate of drug-likeness (QED) is 0.646. The number of aliphatic hydroxyl groups is 1. The van der Waals surface area contributed by atoms with Crippen LogP contribution in [0.3, 0.4) is 0 Å². The van der Waals surface area contributed by atoms with Crippen molar-refractivity contribution in [3.8, 4) is 0 Å². The van der Waals surface area contributed by atoms with E-state index in [1.165, 1.54) is 0 Å². The van der Waals surface area contributed by atoms with Crippen LogP contribution >= 0.6 is 11.8 Å². The first kappa shape index (κ1) is 8.87. The fraction of sp³-hybridized carbons (Fsp3) is 0.857. The molecule has 0 bridgehead atoms. The molecule has 0 aromatic heterocycles. The molecule has 1 saturated heterocycles. The number of thioether (sulfide) groups is 1. The van der Waals surface area contributed by atoms with E-state index < -0.39 is 12.1 Å². The standard InChI is InChI=1S/C7H12O3S/c8-6-4-11-2-1-5(6)3-7(9)10/h5-6,8H,1-4H2,(H,9,10)/t5-,6-/m1/s1. The van der Waals surface area contributed by atoms with E-state index in [1.807, 2.05) is 0 Å². The normalized spacial score (nSPS) is 31.7. The molecule has 0 aromatic carbocycles. The van der Waals surface area contributed by atoms with E-state index in [2.05, 4.69) is 0 Å². The van der Waals surface area contributed by atoms with Crippen molar-refractivity contribution in [2.45, 2.75) is 18.9 Å². The molecule has 1 aliphatic heterocycles. The van der Waals surface area contributed by atoms with Gasteiger partial charge in [-0.05, 0) is 18.1 Å². The van der Waals surface area contributed by atoms with Gasteiger partial charge in [0.05, 0.1) is 12.5 Å². The first-order valence-electron chi connectivity index (χ1n) is 3.67. The van der Waals surface area contributed by atoms with Crippen molar-refractivity contribution in [3.63, 3.8) is 0 Å². The molecule has 2 atom stereocenters. The Morgan fingerprint density at radius 2 is 2.36 bits per heavy atom. The Balaban J connectivity index is 2.35. The van der Waals surface area contributed by atoms with Gasteiger partial charge in [0.25, 0.3) is 0 Å². The van der Waals surface area contributed by atoms with Crippen molar-refractivity contribution >= 4 is 17.7 Å². The molecule has 0 radical (unpaired) electrons. The number of carbonyl (C=O) groups is 1. The lowest BCUT2D eigenvalue weighted by atomic mass is 9.96. The second-order valence-corrected chi connectivity index (χ2v) is 3.94. The molecule has 0 aliphatic carbocycles. The van der Waals surface area contributed by atoms with Gasteiger partial charge < -0.3 is 10.2 Å². The highest BCUT2D eigenvalue weighted by Crippen LogP contribution is 2.25. The summed E-state index contributed by atoms with van der Waals surface area (Å²) < 4.78 is 0. The van der Waals surface area contributed by atoms with E-state index in [-0.39, 0.29) is 12.3 Å². The van der Waals surface area contributed by atoms with Crippen molar-refractivity contribution in [1.82, 2.24) is 0 Å². The Hall–Kier alpha value is -0.220. The van der Waals surface area contributed by atoms with Crippen molar-refractivity contribution in [3.05, 3.63) is 0 Å². The lowest BCUT2D eigenvalue weighted by molar-refractivity contribution is -0.139. The second kappa shape index (κ2) is 3.97. The maximum Gasteiger partial charge on any atom is 0.303 e. The molecule has 1 rings (SSSR count). The molecule has 1 aliphatic rings. The Morgan fingerprint density at radius 1 is 1.64 bits per heavy atom. The number of rotatable bonds is 2. The molecule has 0 aromatic rings. The zero-order valence-electron chi connectivity index (χ0n) is 6.19. The Morgan fingerprint density at radius 3 is 2.91 bits per heavy atom. The van der Waals surface area contributed by atoms with Crippen LogP contribution in [0.1, 0.15) is 12.8 Å². The third kappa shape index (κ3) is 2.71. The van der Waals surface area contributed by atoms with E-state index in [1.54, 1.807) is 11.8 Å². The van der Waals surface area contributed by atoms with E-state index in [4.69, 9.17) is 5.11 Å². The molecule has 2 N–H and O–H groups in total. The van der Waals surface area contributed by atoms with Crippen LogP contribution in [0, 0.1) is 5.92 Å². The predicted octanol–water partition coefficient (Wildman–Crippen LogP) is 0.575. The third-order valence-electron chi connectivity index (χ3n) is 1.90. The molecular formula is C7H12O3S. The number of hydrogen-bond donors (Lipinski definition) is 2. The first-order valence-corrected chi connectivity index (χ1v) is 4.83. The Kier molecular flexibility index (Phi) is 3.20. The average Bonchev–Trinajstić information content (AvgIpc) is 1.93. The third-order valence-corrected chi connectivity index (χ3v) is 3.00. The van der Waals surface area contributed by atoms with Crippen LogP contribution in [-0.4, -0.2) is 33.8 Å². The molecular weight excluding hydrogens is 164 g/mol. The molecule has 0 unspecified atom stereocenters. The molecule has 3 nitrogen and oxygen atoms in total. The number of aliphatic carboxylic acids is 1. The highest BCUT2D eigenvalue weighted by molar-refractivity contribution is 7.99. The summed E-state index contributed by atoms with van der Waals surface area (Å²) in [6.07, 6.45) is 0.532. The largest absolute Gasteiger partial charge is 0.481 e. The van der Waals surface area contributed by atoms with Crippen LogP contribution in [0.4, 0.5) is 0 Å². The molecule has 4 heteroatoms. The molecule has 0 spiro atoms. The van der Waals surface area contributed by atoms with Crippen LogP contribution in [0.25, 0.3) is 0 Å². The van der Waals surface area contributed by atoms with Crippen molar-refractivity contribution in [2.24, 2.45) is 5.92 Å². The second-order valence-electron chi connectivity index (χ2n) is 2.79. The summed E-state index contributed by atoms with van der Waals surface area (Å²) in [6.45, 7) is 0. The summed E-state index contributed by atoms with van der Waals surface area (Å²) in [5.41, 5.74) is 0. The topological polar surface area (TPSA) is 57.5 Å². The molecule has 1 heterocycles. The summed E-state index contributed by atoms with van der Waals surface area (Å²) in [6, 6.07) is 0. The van der Waals surface area contributed by atoms with E-state index in [0.717, 1.165) is 12.2 Å². The molecule has 1 fully saturated rings. The summed E-state index contributed by atoms with van der Waals surface area (Å²) in [4.78, 5) is 10.3. The van der Waals surface area contributed by atoms with Gasteiger partial charge in [0.2, 0.25) is 0 Å². The molecule has 0 saturated carbocycles. The smallest absolute Gasteiger partial charge is 0.303 e. The van der Waals surface area contributed by atoms with Gasteiger partial charge in [-0.1, -0.05) is 0 Å². The van der Waals surface area contributed by atoms with Crippen molar-refractivity contribution in [2.75, 3.05) is 11.5 Å². The Bertz CT molecular complexity index is 149. The Labute approximate surface area is 69.8 Å². The highest BCUT2D eigenvalue weighted by Gasteiger charge is 2.25. The highest BCUT2D eigenvalue weighted by atomic mass is 32.2. The monoisotopic (exact) mass is 176 g/mol. The van der Waals surface area contributed by atoms with Crippen molar-refractivity contribution in [1.29, 1.82) is 0 Å². The minimum absolute atomic E-state index is 0.0197. The van der Waals surface area contributed by atoms with E-state index in [9.17, 15) is 9.90 Å². The minimum atomic E-state index is -0.805. The van der Waals surface area contributed by atoms with Gasteiger partial charge >= 0.3 is 5.97 Å².